The van der Waals surface area contributed by atoms with Crippen molar-refractivity contribution in [1.29, 1.82) is 0 Å². The molecular weight excluding hydrogens is 312 g/mol. The molecule has 0 saturated carbocycles. The van der Waals surface area contributed by atoms with Crippen LogP contribution in [0.15, 0.2) is 84.9 Å². The Labute approximate surface area is 162 Å². The number of rotatable bonds is 2. The van der Waals surface area contributed by atoms with Gasteiger partial charge in [0.15, 0.2) is 0 Å². The van der Waals surface area contributed by atoms with Crippen molar-refractivity contribution >= 4 is 0 Å². The smallest absolute Gasteiger partial charge is 0.0152 e. The molecule has 0 aromatic heterocycles. The Balaban J connectivity index is 0. The first-order valence-electron chi connectivity index (χ1n) is 9.46. The molecule has 0 aliphatic carbocycles. The summed E-state index contributed by atoms with van der Waals surface area (Å²) in [7, 11) is 0. The molecule has 26 heavy (non-hydrogen) atoms. The van der Waals surface area contributed by atoms with Gasteiger partial charge in [-0.25, -0.2) is 0 Å². The molecule has 0 fully saturated rings. The van der Waals surface area contributed by atoms with Gasteiger partial charge in [0.25, 0.3) is 0 Å². The highest BCUT2D eigenvalue weighted by atomic mass is 14.0. The molecule has 142 valence electrons. The number of hydrogen-bond donors (Lipinski definition) is 0. The summed E-state index contributed by atoms with van der Waals surface area (Å²) in [6.07, 6.45) is 1.09. The van der Waals surface area contributed by atoms with Gasteiger partial charge in [-0.15, -0.1) is 0 Å². The van der Waals surface area contributed by atoms with Crippen molar-refractivity contribution in [2.45, 2.75) is 55.4 Å². The van der Waals surface area contributed by atoms with Gasteiger partial charge in [-0.05, 0) is 30.0 Å². The molecule has 3 aromatic carbocycles. The van der Waals surface area contributed by atoms with Crippen LogP contribution in [-0.2, 0) is 6.42 Å². The Bertz CT molecular complexity index is 639. The predicted octanol–water partition coefficient (Wildman–Crippen LogP) is 8.60. The van der Waals surface area contributed by atoms with Crippen LogP contribution in [0.3, 0.4) is 0 Å². The molecule has 0 heterocycles. The highest BCUT2D eigenvalue weighted by Gasteiger charge is 2.00. The lowest BCUT2D eigenvalue weighted by molar-refractivity contribution is 1.14. The lowest BCUT2D eigenvalue weighted by atomic mass is 9.98. The average molecular weight is 351 g/mol. The zero-order chi connectivity index (χ0) is 18.9. The molecule has 0 spiro atoms. The van der Waals surface area contributed by atoms with Crippen molar-refractivity contribution in [1.82, 2.24) is 0 Å². The summed E-state index contributed by atoms with van der Waals surface area (Å²) in [4.78, 5) is 0. The van der Waals surface area contributed by atoms with E-state index in [1.165, 1.54) is 22.3 Å². The Morgan fingerprint density at radius 2 is 1.00 bits per heavy atom. The number of aryl methyl sites for hydroxylation is 2. The zero-order valence-corrected chi connectivity index (χ0v) is 16.8. The maximum Gasteiger partial charge on any atom is -0.0152 e. The van der Waals surface area contributed by atoms with Gasteiger partial charge < -0.3 is 0 Å². The first-order chi connectivity index (χ1) is 12.3. The van der Waals surface area contributed by atoms with Crippen LogP contribution < -0.4 is 0 Å². The molecular formula is C26H38. The van der Waals surface area contributed by atoms with Gasteiger partial charge in [0.05, 0.1) is 0 Å². The Kier molecular flexibility index (Phi) is 17.4. The minimum absolute atomic E-state index is 0. The van der Waals surface area contributed by atoms with Gasteiger partial charge >= 0.3 is 0 Å². The second kappa shape index (κ2) is 17.5. The predicted molar refractivity (Wildman–Crippen MR) is 122 cm³/mol. The molecule has 0 aliphatic rings. The van der Waals surface area contributed by atoms with Crippen LogP contribution in [0.5, 0.6) is 0 Å². The van der Waals surface area contributed by atoms with Crippen LogP contribution in [0.25, 0.3) is 11.1 Å². The summed E-state index contributed by atoms with van der Waals surface area (Å²) in [6, 6.07) is 29.4. The van der Waals surface area contributed by atoms with Crippen molar-refractivity contribution in [3.63, 3.8) is 0 Å². The lowest BCUT2D eigenvalue weighted by Gasteiger charge is -2.06. The van der Waals surface area contributed by atoms with Gasteiger partial charge in [0.2, 0.25) is 0 Å². The largest absolute Gasteiger partial charge is 0.0776 e. The molecule has 0 saturated heterocycles. The molecule has 0 bridgehead atoms. The minimum Gasteiger partial charge on any atom is -0.0776 e. The SMILES string of the molecule is C.CC.CC.CCc1ccccc1-c1ccccc1.Cc1ccccc1. The first-order valence-corrected chi connectivity index (χ1v) is 9.46. The van der Waals surface area contributed by atoms with Crippen LogP contribution in [0, 0.1) is 6.92 Å². The molecule has 0 N–H and O–H groups in total. The Morgan fingerprint density at radius 3 is 1.42 bits per heavy atom. The third-order valence-corrected chi connectivity index (χ3v) is 3.42. The topological polar surface area (TPSA) is 0 Å². The average Bonchev–Trinajstić information content (AvgIpc) is 2.73. The van der Waals surface area contributed by atoms with Crippen molar-refractivity contribution in [2.24, 2.45) is 0 Å². The summed E-state index contributed by atoms with van der Waals surface area (Å²) in [5.41, 5.74) is 5.40. The Hall–Kier alpha value is -2.34. The number of hydrogen-bond acceptors (Lipinski definition) is 0. The first kappa shape index (κ1) is 25.9. The van der Waals surface area contributed by atoms with Gasteiger partial charge in [-0.1, -0.05) is 133 Å². The summed E-state index contributed by atoms with van der Waals surface area (Å²) in [5.74, 6) is 0. The quantitative estimate of drug-likeness (QED) is 0.434. The van der Waals surface area contributed by atoms with E-state index in [2.05, 4.69) is 80.6 Å². The maximum absolute atomic E-state index is 2.20. The molecule has 0 amide bonds. The van der Waals surface area contributed by atoms with E-state index in [1.807, 2.05) is 45.9 Å². The standard InChI is InChI=1S/C14H14.C7H8.2C2H6.CH4/c1-2-12-8-6-7-11-14(12)13-9-4-3-5-10-13;1-7-5-3-2-4-6-7;2*1-2;/h3-11H,2H2,1H3;2-6H,1H3;2*1-2H3;1H4. The van der Waals surface area contributed by atoms with E-state index in [0.717, 1.165) is 6.42 Å². The van der Waals surface area contributed by atoms with Crippen LogP contribution in [0.4, 0.5) is 0 Å². The van der Waals surface area contributed by atoms with E-state index >= 15 is 0 Å². The number of benzene rings is 3. The normalized spacial score (nSPS) is 8.23. The molecule has 3 rings (SSSR count). The fraction of sp³-hybridized carbons (Fsp3) is 0.308. The van der Waals surface area contributed by atoms with Crippen LogP contribution in [0.1, 0.15) is 53.2 Å². The van der Waals surface area contributed by atoms with Crippen LogP contribution in [0.2, 0.25) is 0 Å². The fourth-order valence-corrected chi connectivity index (χ4v) is 2.26. The lowest BCUT2D eigenvalue weighted by Crippen LogP contribution is -1.85. The molecule has 0 aliphatic heterocycles. The second-order valence-corrected chi connectivity index (χ2v) is 5.03. The summed E-state index contributed by atoms with van der Waals surface area (Å²) in [5, 5.41) is 0. The molecule has 3 aromatic rings. The highest BCUT2D eigenvalue weighted by molar-refractivity contribution is 5.67. The monoisotopic (exact) mass is 350 g/mol. The molecule has 0 radical (unpaired) electrons. The van der Waals surface area contributed by atoms with Gasteiger partial charge in [-0.3, -0.25) is 0 Å². The summed E-state index contributed by atoms with van der Waals surface area (Å²) < 4.78 is 0. The fourth-order valence-electron chi connectivity index (χ4n) is 2.26. The third-order valence-electron chi connectivity index (χ3n) is 3.42. The van der Waals surface area contributed by atoms with Crippen LogP contribution >= 0.6 is 0 Å². The van der Waals surface area contributed by atoms with Gasteiger partial charge in [-0.2, -0.15) is 0 Å². The van der Waals surface area contributed by atoms with E-state index in [4.69, 9.17) is 0 Å². The molecule has 0 atom stereocenters. The van der Waals surface area contributed by atoms with Crippen LogP contribution in [-0.4, -0.2) is 0 Å². The van der Waals surface area contributed by atoms with Crippen molar-refractivity contribution in [3.8, 4) is 11.1 Å². The van der Waals surface area contributed by atoms with E-state index in [1.54, 1.807) is 0 Å². The maximum atomic E-state index is 2.20. The molecule has 0 unspecified atom stereocenters. The van der Waals surface area contributed by atoms with E-state index in [9.17, 15) is 0 Å². The zero-order valence-electron chi connectivity index (χ0n) is 16.8. The van der Waals surface area contributed by atoms with Gasteiger partial charge in [0.1, 0.15) is 0 Å². The van der Waals surface area contributed by atoms with Crippen molar-refractivity contribution in [3.05, 3.63) is 96.1 Å². The van der Waals surface area contributed by atoms with E-state index < -0.39 is 0 Å². The van der Waals surface area contributed by atoms with Crippen molar-refractivity contribution < 1.29 is 0 Å². The summed E-state index contributed by atoms with van der Waals surface area (Å²) >= 11 is 0. The second-order valence-electron chi connectivity index (χ2n) is 5.03. The minimum atomic E-state index is 0. The highest BCUT2D eigenvalue weighted by Crippen LogP contribution is 2.23. The third kappa shape index (κ3) is 9.84. The van der Waals surface area contributed by atoms with Crippen molar-refractivity contribution in [2.75, 3.05) is 0 Å². The summed E-state index contributed by atoms with van der Waals surface area (Å²) in [6.45, 7) is 12.3. The van der Waals surface area contributed by atoms with E-state index in [-0.39, 0.29) is 7.43 Å². The molecule has 0 nitrogen and oxygen atoms in total. The Morgan fingerprint density at radius 1 is 0.577 bits per heavy atom. The van der Waals surface area contributed by atoms with Gasteiger partial charge in [0, 0.05) is 0 Å². The molecule has 0 heteroatoms. The van der Waals surface area contributed by atoms with E-state index in [0.29, 0.717) is 0 Å².